The Hall–Kier alpha value is -1.07. The standard InChI is InChI=1S/C12H4Cl2F2O5S3/c13-5-1-7-9(3-11(5)23(15,17)18)22-10-4-12(24(16,19)20)6(14)2-8(10)21-7/h1-4H. The predicted octanol–water partition coefficient (Wildman–Crippen LogP) is 4.57. The van der Waals surface area contributed by atoms with Crippen LogP contribution in [0.4, 0.5) is 7.77 Å². The minimum Gasteiger partial charge on any atom is -0.455 e. The van der Waals surface area contributed by atoms with Gasteiger partial charge in [0.05, 0.1) is 19.8 Å². The molecule has 0 aliphatic carbocycles. The van der Waals surface area contributed by atoms with Crippen molar-refractivity contribution in [3.05, 3.63) is 34.3 Å². The van der Waals surface area contributed by atoms with Crippen LogP contribution < -0.4 is 4.74 Å². The van der Waals surface area contributed by atoms with Crippen molar-refractivity contribution < 1.29 is 29.3 Å². The highest BCUT2D eigenvalue weighted by atomic mass is 35.5. The summed E-state index contributed by atoms with van der Waals surface area (Å²) in [7, 11) is -10.1. The van der Waals surface area contributed by atoms with Crippen molar-refractivity contribution in [3.63, 3.8) is 0 Å². The maximum atomic E-state index is 13.2. The second-order valence-corrected chi connectivity index (χ2v) is 9.07. The Labute approximate surface area is 149 Å². The number of rotatable bonds is 2. The summed E-state index contributed by atoms with van der Waals surface area (Å²) in [4.78, 5) is -1.19. The van der Waals surface area contributed by atoms with Gasteiger partial charge in [0.2, 0.25) is 0 Å². The van der Waals surface area contributed by atoms with Crippen LogP contribution in [0, 0.1) is 0 Å². The van der Waals surface area contributed by atoms with Crippen molar-refractivity contribution in [2.75, 3.05) is 0 Å². The molecule has 5 nitrogen and oxygen atoms in total. The quantitative estimate of drug-likeness (QED) is 0.552. The molecular formula is C12H4Cl2F2O5S3. The Morgan fingerprint density at radius 3 is 1.50 bits per heavy atom. The summed E-state index contributed by atoms with van der Waals surface area (Å²) < 4.78 is 76.1. The number of halogens is 4. The predicted molar refractivity (Wildman–Crippen MR) is 83.7 cm³/mol. The molecule has 0 saturated heterocycles. The van der Waals surface area contributed by atoms with Crippen molar-refractivity contribution in [2.45, 2.75) is 19.6 Å². The van der Waals surface area contributed by atoms with E-state index in [1.807, 2.05) is 0 Å². The van der Waals surface area contributed by atoms with Crippen LogP contribution >= 0.6 is 35.0 Å². The second-order valence-electron chi connectivity index (χ2n) is 4.54. The molecule has 2 aromatic rings. The minimum atomic E-state index is -5.06. The van der Waals surface area contributed by atoms with E-state index in [-0.39, 0.29) is 31.3 Å². The van der Waals surface area contributed by atoms with E-state index in [1.165, 1.54) is 0 Å². The van der Waals surface area contributed by atoms with Gasteiger partial charge in [-0.1, -0.05) is 35.0 Å². The molecule has 0 unspecified atom stereocenters. The first kappa shape index (κ1) is 17.7. The smallest absolute Gasteiger partial charge is 0.333 e. The molecule has 1 heterocycles. The molecule has 0 fully saturated rings. The van der Waals surface area contributed by atoms with Crippen molar-refractivity contribution in [1.29, 1.82) is 0 Å². The summed E-state index contributed by atoms with van der Waals surface area (Å²) in [5.41, 5.74) is 0. The first-order valence-corrected chi connectivity index (χ1v) is 10.2. The van der Waals surface area contributed by atoms with E-state index in [4.69, 9.17) is 27.9 Å². The van der Waals surface area contributed by atoms with E-state index in [1.54, 1.807) is 0 Å². The minimum absolute atomic E-state index is 0.122. The normalized spacial score (nSPS) is 13.8. The summed E-state index contributed by atoms with van der Waals surface area (Å²) in [6, 6.07) is 4.09. The van der Waals surface area contributed by atoms with E-state index in [0.717, 1.165) is 36.0 Å². The Morgan fingerprint density at radius 2 is 1.17 bits per heavy atom. The Morgan fingerprint density at radius 1 is 0.792 bits per heavy atom. The Kier molecular flexibility index (Phi) is 4.24. The van der Waals surface area contributed by atoms with Crippen LogP contribution in [0.3, 0.4) is 0 Å². The molecule has 24 heavy (non-hydrogen) atoms. The van der Waals surface area contributed by atoms with Crippen molar-refractivity contribution in [2.24, 2.45) is 0 Å². The summed E-state index contributed by atoms with van der Waals surface area (Å²) in [6.07, 6.45) is 0. The van der Waals surface area contributed by atoms with E-state index in [2.05, 4.69) is 0 Å². The molecule has 0 radical (unpaired) electrons. The van der Waals surface area contributed by atoms with Crippen molar-refractivity contribution >= 4 is 55.4 Å². The third kappa shape index (κ3) is 3.21. The molecule has 2 aromatic carbocycles. The van der Waals surface area contributed by atoms with E-state index >= 15 is 0 Å². The van der Waals surface area contributed by atoms with Gasteiger partial charge in [0.15, 0.2) is 0 Å². The lowest BCUT2D eigenvalue weighted by molar-refractivity contribution is 0.452. The molecule has 3 rings (SSSR count). The fourth-order valence-electron chi connectivity index (χ4n) is 1.96. The number of fused-ring (bicyclic) bond motifs is 2. The van der Waals surface area contributed by atoms with Gasteiger partial charge in [-0.25, -0.2) is 0 Å². The maximum Gasteiger partial charge on any atom is 0.333 e. The van der Waals surface area contributed by atoms with Gasteiger partial charge in [-0.15, -0.1) is 7.77 Å². The fourth-order valence-corrected chi connectivity index (χ4v) is 5.07. The van der Waals surface area contributed by atoms with Gasteiger partial charge in [0.1, 0.15) is 21.3 Å². The van der Waals surface area contributed by atoms with Crippen molar-refractivity contribution in [3.8, 4) is 11.5 Å². The van der Waals surface area contributed by atoms with Crippen molar-refractivity contribution in [1.82, 2.24) is 0 Å². The lowest BCUT2D eigenvalue weighted by Crippen LogP contribution is -2.01. The summed E-state index contributed by atoms with van der Waals surface area (Å²) >= 11 is 12.3. The Bertz CT molecular complexity index is 999. The van der Waals surface area contributed by atoms with Gasteiger partial charge in [-0.3, -0.25) is 0 Å². The SMILES string of the molecule is O=S(=O)(F)c1cc2c(cc1Cl)Oc1cc(Cl)c(S(=O)(=O)F)cc1S2. The van der Waals surface area contributed by atoms with Gasteiger partial charge < -0.3 is 4.74 Å². The summed E-state index contributed by atoms with van der Waals surface area (Å²) in [5, 5.41) is -0.760. The lowest BCUT2D eigenvalue weighted by atomic mass is 10.3. The van der Waals surface area contributed by atoms with Crippen LogP contribution in [0.2, 0.25) is 10.0 Å². The lowest BCUT2D eigenvalue weighted by Gasteiger charge is -2.21. The van der Waals surface area contributed by atoms with Gasteiger partial charge in [0.25, 0.3) is 0 Å². The topological polar surface area (TPSA) is 77.5 Å². The van der Waals surface area contributed by atoms with Crippen LogP contribution in [0.5, 0.6) is 11.5 Å². The highest BCUT2D eigenvalue weighted by molar-refractivity contribution is 7.99. The van der Waals surface area contributed by atoms with Crippen LogP contribution in [0.1, 0.15) is 0 Å². The molecule has 0 amide bonds. The molecule has 0 bridgehead atoms. The zero-order valence-electron chi connectivity index (χ0n) is 11.1. The number of ether oxygens (including phenoxy) is 1. The largest absolute Gasteiger partial charge is 0.455 e. The zero-order chi connectivity index (χ0) is 17.9. The highest BCUT2D eigenvalue weighted by Gasteiger charge is 2.27. The van der Waals surface area contributed by atoms with Gasteiger partial charge in [0, 0.05) is 12.1 Å². The third-order valence-corrected chi connectivity index (χ3v) is 6.62. The van der Waals surface area contributed by atoms with E-state index < -0.39 is 30.2 Å². The number of hydrogen-bond donors (Lipinski definition) is 0. The van der Waals surface area contributed by atoms with Crippen LogP contribution in [0.25, 0.3) is 0 Å². The summed E-state index contributed by atoms with van der Waals surface area (Å²) in [5.74, 6) is 0.244. The molecule has 0 N–H and O–H groups in total. The first-order valence-electron chi connectivity index (χ1n) is 5.89. The number of benzene rings is 2. The highest BCUT2D eigenvalue weighted by Crippen LogP contribution is 2.51. The third-order valence-electron chi connectivity index (χ3n) is 2.96. The molecule has 128 valence electrons. The average Bonchev–Trinajstić information content (AvgIpc) is 2.41. The van der Waals surface area contributed by atoms with E-state index in [9.17, 15) is 24.6 Å². The Balaban J connectivity index is 2.16. The molecule has 1 aliphatic heterocycles. The molecule has 0 atom stereocenters. The molecular weight excluding hydrogens is 429 g/mol. The summed E-state index contributed by atoms with van der Waals surface area (Å²) in [6.45, 7) is 0. The van der Waals surface area contributed by atoms with Crippen LogP contribution in [-0.4, -0.2) is 16.8 Å². The average molecular weight is 433 g/mol. The second kappa shape index (κ2) is 5.73. The number of hydrogen-bond acceptors (Lipinski definition) is 6. The maximum absolute atomic E-state index is 13.2. The van der Waals surface area contributed by atoms with Gasteiger partial charge >= 0.3 is 20.4 Å². The van der Waals surface area contributed by atoms with Gasteiger partial charge in [-0.2, -0.15) is 16.8 Å². The van der Waals surface area contributed by atoms with E-state index in [0.29, 0.717) is 0 Å². The first-order chi connectivity index (χ1) is 11.0. The molecule has 12 heteroatoms. The monoisotopic (exact) mass is 432 g/mol. The molecule has 0 spiro atoms. The zero-order valence-corrected chi connectivity index (χ0v) is 15.0. The molecule has 1 aliphatic rings. The fraction of sp³-hybridized carbons (Fsp3) is 0. The molecule has 0 aromatic heterocycles. The van der Waals surface area contributed by atoms with Gasteiger partial charge in [-0.05, 0) is 12.1 Å². The van der Waals surface area contributed by atoms with Crippen LogP contribution in [-0.2, 0) is 20.4 Å². The molecule has 0 saturated carbocycles. The van der Waals surface area contributed by atoms with Crippen LogP contribution in [0.15, 0.2) is 43.8 Å².